The van der Waals surface area contributed by atoms with E-state index in [0.29, 0.717) is 35.4 Å². The van der Waals surface area contributed by atoms with Gasteiger partial charge in [-0.15, -0.1) is 0 Å². The molecule has 0 fully saturated rings. The van der Waals surface area contributed by atoms with E-state index in [2.05, 4.69) is 62.3 Å². The standard InChI is InChI=1S/C27H48O5S/c1-13-14-19-20(21(28)18(4)22(32-12)23(19)33(29,30)31)24(26(8,9)15-17(2)3)27(10,11)16-25(5,6)7/h17,24,28H,13-16H2,1-12H3,(H,29,30,31). The predicted octanol–water partition coefficient (Wildman–Crippen LogP) is 7.53. The Labute approximate surface area is 203 Å². The number of benzene rings is 1. The van der Waals surface area contributed by atoms with Crippen LogP contribution < -0.4 is 4.74 Å². The van der Waals surface area contributed by atoms with Gasteiger partial charge in [0.2, 0.25) is 0 Å². The first kappa shape index (κ1) is 29.8. The van der Waals surface area contributed by atoms with Gasteiger partial charge in [-0.05, 0) is 59.8 Å². The third-order valence-corrected chi connectivity index (χ3v) is 7.44. The van der Waals surface area contributed by atoms with Crippen molar-refractivity contribution in [2.24, 2.45) is 22.2 Å². The second kappa shape index (κ2) is 10.2. The molecule has 0 spiro atoms. The van der Waals surface area contributed by atoms with Crippen LogP contribution >= 0.6 is 0 Å². The predicted molar refractivity (Wildman–Crippen MR) is 137 cm³/mol. The number of aromatic hydroxyl groups is 1. The largest absolute Gasteiger partial charge is 0.507 e. The van der Waals surface area contributed by atoms with E-state index in [-0.39, 0.29) is 38.6 Å². The second-order valence-electron chi connectivity index (χ2n) is 12.7. The zero-order valence-electron chi connectivity index (χ0n) is 23.0. The van der Waals surface area contributed by atoms with Crippen LogP contribution in [0.5, 0.6) is 11.5 Å². The molecule has 1 rings (SSSR count). The molecule has 1 unspecified atom stereocenters. The van der Waals surface area contributed by atoms with Gasteiger partial charge in [-0.25, -0.2) is 0 Å². The van der Waals surface area contributed by atoms with E-state index in [9.17, 15) is 18.1 Å². The molecule has 0 bridgehead atoms. The Bertz CT molecular complexity index is 934. The zero-order chi connectivity index (χ0) is 26.2. The second-order valence-corrected chi connectivity index (χ2v) is 14.1. The molecule has 1 aromatic carbocycles. The number of methoxy groups -OCH3 is 1. The Morgan fingerprint density at radius 3 is 1.88 bits per heavy atom. The van der Waals surface area contributed by atoms with Gasteiger partial charge in [0.05, 0.1) is 7.11 Å². The van der Waals surface area contributed by atoms with Crippen LogP contribution in [-0.4, -0.2) is 25.2 Å². The lowest BCUT2D eigenvalue weighted by Crippen LogP contribution is -2.38. The van der Waals surface area contributed by atoms with Crippen molar-refractivity contribution in [1.29, 1.82) is 0 Å². The van der Waals surface area contributed by atoms with Gasteiger partial charge >= 0.3 is 0 Å². The molecule has 0 aliphatic heterocycles. The van der Waals surface area contributed by atoms with Crippen molar-refractivity contribution in [2.45, 2.75) is 113 Å². The van der Waals surface area contributed by atoms with Gasteiger partial charge in [0, 0.05) is 11.1 Å². The molecule has 192 valence electrons. The molecular formula is C27H48O5S. The minimum absolute atomic E-state index is 0.0243. The van der Waals surface area contributed by atoms with E-state index in [4.69, 9.17) is 4.74 Å². The topological polar surface area (TPSA) is 83.8 Å². The number of hydrogen-bond donors (Lipinski definition) is 2. The van der Waals surface area contributed by atoms with Crippen molar-refractivity contribution in [2.75, 3.05) is 7.11 Å². The highest BCUT2D eigenvalue weighted by molar-refractivity contribution is 7.86. The normalized spacial score (nSPS) is 14.6. The molecule has 33 heavy (non-hydrogen) atoms. The molecule has 0 saturated carbocycles. The van der Waals surface area contributed by atoms with Crippen molar-refractivity contribution < 1.29 is 22.8 Å². The molecule has 0 aromatic heterocycles. The summed E-state index contributed by atoms with van der Waals surface area (Å²) in [6, 6.07) is 0. The summed E-state index contributed by atoms with van der Waals surface area (Å²) in [5, 5.41) is 11.6. The van der Waals surface area contributed by atoms with Crippen molar-refractivity contribution in [3.05, 3.63) is 16.7 Å². The smallest absolute Gasteiger partial charge is 0.298 e. The zero-order valence-corrected chi connectivity index (χ0v) is 23.8. The van der Waals surface area contributed by atoms with E-state index >= 15 is 0 Å². The van der Waals surface area contributed by atoms with Crippen LogP contribution in [-0.2, 0) is 16.5 Å². The monoisotopic (exact) mass is 484 g/mol. The Kier molecular flexibility index (Phi) is 9.15. The van der Waals surface area contributed by atoms with Crippen molar-refractivity contribution in [3.8, 4) is 11.5 Å². The molecule has 0 aliphatic rings. The summed E-state index contributed by atoms with van der Waals surface area (Å²) in [6.07, 6.45) is 2.86. The SMILES string of the molecule is CCCc1c(C(C(C)(C)CC(C)C)C(C)(C)CC(C)(C)C)c(O)c(C)c(OC)c1S(=O)(=O)O. The highest BCUT2D eigenvalue weighted by Gasteiger charge is 2.47. The summed E-state index contributed by atoms with van der Waals surface area (Å²) < 4.78 is 41.0. The van der Waals surface area contributed by atoms with E-state index in [0.717, 1.165) is 12.8 Å². The molecule has 6 heteroatoms. The van der Waals surface area contributed by atoms with Gasteiger partial charge < -0.3 is 9.84 Å². The lowest BCUT2D eigenvalue weighted by Gasteiger charge is -2.49. The molecule has 0 saturated heterocycles. The summed E-state index contributed by atoms with van der Waals surface area (Å²) in [7, 11) is -3.21. The molecule has 1 aromatic rings. The summed E-state index contributed by atoms with van der Waals surface area (Å²) in [4.78, 5) is -0.200. The fourth-order valence-electron chi connectivity index (χ4n) is 6.69. The average molecular weight is 485 g/mol. The number of hydrogen-bond acceptors (Lipinski definition) is 4. The van der Waals surface area contributed by atoms with Crippen LogP contribution in [0.3, 0.4) is 0 Å². The van der Waals surface area contributed by atoms with Gasteiger partial charge in [-0.2, -0.15) is 8.42 Å². The van der Waals surface area contributed by atoms with Gasteiger partial charge in [0.15, 0.2) is 0 Å². The summed E-state index contributed by atoms with van der Waals surface area (Å²) in [6.45, 7) is 23.5. The molecule has 0 aliphatic carbocycles. The highest BCUT2D eigenvalue weighted by Crippen LogP contribution is 2.59. The number of phenolic OH excluding ortho intramolecular Hbond substituents is 1. The molecule has 0 heterocycles. The third-order valence-electron chi connectivity index (χ3n) is 6.49. The molecule has 0 radical (unpaired) electrons. The summed E-state index contributed by atoms with van der Waals surface area (Å²) in [5.74, 6) is 0.367. The van der Waals surface area contributed by atoms with E-state index in [1.54, 1.807) is 6.92 Å². The number of ether oxygens (including phenoxy) is 1. The van der Waals surface area contributed by atoms with E-state index in [1.807, 2.05) is 6.92 Å². The van der Waals surface area contributed by atoms with Gasteiger partial charge in [0.25, 0.3) is 10.1 Å². The van der Waals surface area contributed by atoms with E-state index < -0.39 is 10.1 Å². The van der Waals surface area contributed by atoms with E-state index in [1.165, 1.54) is 7.11 Å². The Morgan fingerprint density at radius 2 is 1.52 bits per heavy atom. The van der Waals surface area contributed by atoms with Gasteiger partial charge in [-0.3, -0.25) is 4.55 Å². The van der Waals surface area contributed by atoms with Crippen molar-refractivity contribution in [1.82, 2.24) is 0 Å². The lowest BCUT2D eigenvalue weighted by atomic mass is 9.55. The Balaban J connectivity index is 4.27. The highest BCUT2D eigenvalue weighted by atomic mass is 32.2. The average Bonchev–Trinajstić information content (AvgIpc) is 2.55. The first-order valence-electron chi connectivity index (χ1n) is 12.1. The summed E-state index contributed by atoms with van der Waals surface area (Å²) >= 11 is 0. The first-order chi connectivity index (χ1) is 14.7. The van der Waals surface area contributed by atoms with Crippen LogP contribution in [0, 0.1) is 29.1 Å². The quantitative estimate of drug-likeness (QED) is 0.335. The van der Waals surface area contributed by atoms with Crippen molar-refractivity contribution >= 4 is 10.1 Å². The molecule has 1 atom stereocenters. The lowest BCUT2D eigenvalue weighted by molar-refractivity contribution is 0.0763. The van der Waals surface area contributed by atoms with Crippen LogP contribution in [0.25, 0.3) is 0 Å². The number of rotatable bonds is 10. The van der Waals surface area contributed by atoms with Crippen LogP contribution in [0.15, 0.2) is 4.90 Å². The van der Waals surface area contributed by atoms with Crippen LogP contribution in [0.1, 0.15) is 111 Å². The van der Waals surface area contributed by atoms with Crippen LogP contribution in [0.2, 0.25) is 0 Å². The minimum atomic E-state index is -4.58. The fraction of sp³-hybridized carbons (Fsp3) is 0.778. The minimum Gasteiger partial charge on any atom is -0.507 e. The molecular weight excluding hydrogens is 436 g/mol. The van der Waals surface area contributed by atoms with Gasteiger partial charge in [-0.1, -0.05) is 75.7 Å². The number of phenols is 1. The molecule has 0 amide bonds. The Morgan fingerprint density at radius 1 is 1.00 bits per heavy atom. The maximum absolute atomic E-state index is 12.6. The summed E-state index contributed by atoms with van der Waals surface area (Å²) in [5.41, 5.74) is 0.973. The molecule has 5 nitrogen and oxygen atoms in total. The fourth-order valence-corrected chi connectivity index (χ4v) is 7.68. The van der Waals surface area contributed by atoms with Crippen LogP contribution in [0.4, 0.5) is 0 Å². The maximum Gasteiger partial charge on any atom is 0.298 e. The van der Waals surface area contributed by atoms with Gasteiger partial charge in [0.1, 0.15) is 16.4 Å². The van der Waals surface area contributed by atoms with Crippen molar-refractivity contribution in [3.63, 3.8) is 0 Å². The molecule has 2 N–H and O–H groups in total. The maximum atomic E-state index is 12.6. The first-order valence-corrected chi connectivity index (χ1v) is 13.5. The third kappa shape index (κ3) is 6.88. The Hall–Kier alpha value is -1.27.